The number of rotatable bonds is 5. The molecule has 1 amide bonds. The molecule has 0 aliphatic rings. The molecule has 1 aromatic heterocycles. The van der Waals surface area contributed by atoms with Crippen molar-refractivity contribution in [2.75, 3.05) is 5.73 Å². The van der Waals surface area contributed by atoms with Gasteiger partial charge in [-0.3, -0.25) is 4.79 Å². The molecular weight excluding hydrogens is 324 g/mol. The average molecular weight is 339 g/mol. The number of benzene rings is 1. The maximum atomic E-state index is 11.8. The van der Waals surface area contributed by atoms with Gasteiger partial charge in [0, 0.05) is 21.5 Å². The molecular formula is C14H15BrN2OS. The van der Waals surface area contributed by atoms with Crippen molar-refractivity contribution in [1.29, 1.82) is 0 Å². The van der Waals surface area contributed by atoms with Crippen molar-refractivity contribution in [2.24, 2.45) is 0 Å². The van der Waals surface area contributed by atoms with Crippen molar-refractivity contribution in [1.82, 2.24) is 5.32 Å². The lowest BCUT2D eigenvalue weighted by Gasteiger charge is -2.05. The van der Waals surface area contributed by atoms with Gasteiger partial charge in [-0.2, -0.15) is 0 Å². The standard InChI is InChI=1S/C14H15BrN2OS/c15-12-6-7-19-13(12)9-17-14(18)5-4-10-2-1-3-11(16)8-10/h1-3,6-8H,4-5,9,16H2,(H,17,18). The number of thiophene rings is 1. The van der Waals surface area contributed by atoms with Crippen molar-refractivity contribution in [3.8, 4) is 0 Å². The number of nitrogens with two attached hydrogens (primary N) is 1. The molecule has 0 bridgehead atoms. The van der Waals surface area contributed by atoms with Gasteiger partial charge in [-0.1, -0.05) is 12.1 Å². The van der Waals surface area contributed by atoms with Gasteiger partial charge in [0.05, 0.1) is 6.54 Å². The number of aryl methyl sites for hydroxylation is 1. The van der Waals surface area contributed by atoms with Gasteiger partial charge in [0.1, 0.15) is 0 Å². The Labute approximate surface area is 125 Å². The highest BCUT2D eigenvalue weighted by Crippen LogP contribution is 2.22. The number of anilines is 1. The quantitative estimate of drug-likeness (QED) is 0.821. The zero-order valence-corrected chi connectivity index (χ0v) is 12.8. The van der Waals surface area contributed by atoms with Crippen LogP contribution in [0.15, 0.2) is 40.2 Å². The Morgan fingerprint density at radius 2 is 2.21 bits per heavy atom. The summed E-state index contributed by atoms with van der Waals surface area (Å²) in [5.41, 5.74) is 7.53. The predicted molar refractivity (Wildman–Crippen MR) is 83.0 cm³/mol. The maximum absolute atomic E-state index is 11.8. The first-order chi connectivity index (χ1) is 9.15. The van der Waals surface area contributed by atoms with E-state index in [0.717, 1.165) is 20.6 Å². The largest absolute Gasteiger partial charge is 0.399 e. The lowest BCUT2D eigenvalue weighted by molar-refractivity contribution is -0.121. The Hall–Kier alpha value is -1.33. The van der Waals surface area contributed by atoms with Crippen molar-refractivity contribution in [3.05, 3.63) is 50.6 Å². The minimum atomic E-state index is 0.0581. The Morgan fingerprint density at radius 1 is 1.37 bits per heavy atom. The fourth-order valence-corrected chi connectivity index (χ4v) is 3.16. The van der Waals surface area contributed by atoms with Crippen LogP contribution in [0.3, 0.4) is 0 Å². The molecule has 5 heteroatoms. The van der Waals surface area contributed by atoms with Gasteiger partial charge in [0.2, 0.25) is 5.91 Å². The third-order valence-corrected chi connectivity index (χ3v) is 4.66. The first kappa shape index (κ1) is 14.1. The van der Waals surface area contributed by atoms with E-state index in [2.05, 4.69) is 21.2 Å². The minimum Gasteiger partial charge on any atom is -0.399 e. The highest BCUT2D eigenvalue weighted by atomic mass is 79.9. The van der Waals surface area contributed by atoms with Crippen molar-refractivity contribution >= 4 is 38.9 Å². The molecule has 0 fully saturated rings. The molecule has 1 aromatic carbocycles. The summed E-state index contributed by atoms with van der Waals surface area (Å²) in [5.74, 6) is 0.0581. The van der Waals surface area contributed by atoms with Gasteiger partial charge in [0.15, 0.2) is 0 Å². The number of hydrogen-bond acceptors (Lipinski definition) is 3. The number of halogens is 1. The maximum Gasteiger partial charge on any atom is 0.220 e. The molecule has 0 aliphatic heterocycles. The fourth-order valence-electron chi connectivity index (χ4n) is 1.72. The molecule has 1 heterocycles. The number of carbonyl (C=O) groups is 1. The summed E-state index contributed by atoms with van der Waals surface area (Å²) in [6, 6.07) is 9.63. The lowest BCUT2D eigenvalue weighted by atomic mass is 10.1. The van der Waals surface area contributed by atoms with Crippen LogP contribution in [0.25, 0.3) is 0 Å². The van der Waals surface area contributed by atoms with Crippen LogP contribution >= 0.6 is 27.3 Å². The fraction of sp³-hybridized carbons (Fsp3) is 0.214. The van der Waals surface area contributed by atoms with E-state index in [0.29, 0.717) is 19.4 Å². The van der Waals surface area contributed by atoms with E-state index in [4.69, 9.17) is 5.73 Å². The second-order valence-electron chi connectivity index (χ2n) is 4.21. The number of nitrogens with one attached hydrogen (secondary N) is 1. The number of carbonyl (C=O) groups excluding carboxylic acids is 1. The molecule has 19 heavy (non-hydrogen) atoms. The summed E-state index contributed by atoms with van der Waals surface area (Å²) in [6.07, 6.45) is 1.19. The van der Waals surface area contributed by atoms with Gasteiger partial charge in [-0.05, 0) is 51.5 Å². The highest BCUT2D eigenvalue weighted by Gasteiger charge is 2.05. The molecule has 2 aromatic rings. The summed E-state index contributed by atoms with van der Waals surface area (Å²) in [5, 5.41) is 4.92. The Balaban J connectivity index is 1.77. The van der Waals surface area contributed by atoms with Crippen LogP contribution in [0.2, 0.25) is 0 Å². The van der Waals surface area contributed by atoms with Crippen LogP contribution in [-0.4, -0.2) is 5.91 Å². The van der Waals surface area contributed by atoms with Crippen LogP contribution in [-0.2, 0) is 17.8 Å². The summed E-state index contributed by atoms with van der Waals surface area (Å²) < 4.78 is 1.05. The number of nitrogen functional groups attached to an aromatic ring is 1. The van der Waals surface area contributed by atoms with Gasteiger partial charge >= 0.3 is 0 Å². The van der Waals surface area contributed by atoms with E-state index in [1.54, 1.807) is 11.3 Å². The summed E-state index contributed by atoms with van der Waals surface area (Å²) in [4.78, 5) is 12.9. The zero-order chi connectivity index (χ0) is 13.7. The topological polar surface area (TPSA) is 55.1 Å². The third kappa shape index (κ3) is 4.36. The molecule has 0 atom stereocenters. The van der Waals surface area contributed by atoms with E-state index < -0.39 is 0 Å². The average Bonchev–Trinajstić information content (AvgIpc) is 2.80. The summed E-state index contributed by atoms with van der Waals surface area (Å²) in [6.45, 7) is 0.577. The van der Waals surface area contributed by atoms with Crippen molar-refractivity contribution in [3.63, 3.8) is 0 Å². The SMILES string of the molecule is Nc1cccc(CCC(=O)NCc2sccc2Br)c1. The summed E-state index contributed by atoms with van der Waals surface area (Å²) in [7, 11) is 0. The molecule has 0 spiro atoms. The van der Waals surface area contributed by atoms with Crippen LogP contribution in [0, 0.1) is 0 Å². The van der Waals surface area contributed by atoms with Gasteiger partial charge in [-0.25, -0.2) is 0 Å². The zero-order valence-electron chi connectivity index (χ0n) is 10.4. The molecule has 0 unspecified atom stereocenters. The molecule has 3 N–H and O–H groups in total. The van der Waals surface area contributed by atoms with E-state index in [1.165, 1.54) is 0 Å². The van der Waals surface area contributed by atoms with Gasteiger partial charge in [-0.15, -0.1) is 11.3 Å². The molecule has 100 valence electrons. The first-order valence-corrected chi connectivity index (χ1v) is 7.65. The summed E-state index contributed by atoms with van der Waals surface area (Å²) >= 11 is 5.08. The van der Waals surface area contributed by atoms with E-state index in [1.807, 2.05) is 35.7 Å². The second kappa shape index (κ2) is 6.73. The first-order valence-electron chi connectivity index (χ1n) is 5.98. The normalized spacial score (nSPS) is 10.4. The molecule has 0 saturated heterocycles. The van der Waals surface area contributed by atoms with E-state index in [9.17, 15) is 4.79 Å². The predicted octanol–water partition coefficient (Wildman–Crippen LogP) is 3.34. The van der Waals surface area contributed by atoms with E-state index >= 15 is 0 Å². The minimum absolute atomic E-state index is 0.0581. The molecule has 0 saturated carbocycles. The van der Waals surface area contributed by atoms with Crippen molar-refractivity contribution in [2.45, 2.75) is 19.4 Å². The lowest BCUT2D eigenvalue weighted by Crippen LogP contribution is -2.22. The smallest absolute Gasteiger partial charge is 0.220 e. The van der Waals surface area contributed by atoms with E-state index in [-0.39, 0.29) is 5.91 Å². The molecule has 0 aliphatic carbocycles. The Bertz CT molecular complexity index is 568. The number of hydrogen-bond donors (Lipinski definition) is 2. The van der Waals surface area contributed by atoms with Crippen LogP contribution in [0.1, 0.15) is 16.9 Å². The van der Waals surface area contributed by atoms with Gasteiger partial charge in [0.25, 0.3) is 0 Å². The second-order valence-corrected chi connectivity index (χ2v) is 6.07. The number of amides is 1. The Kier molecular flexibility index (Phi) is 4.99. The van der Waals surface area contributed by atoms with Gasteiger partial charge < -0.3 is 11.1 Å². The molecule has 2 rings (SSSR count). The molecule has 0 radical (unpaired) electrons. The Morgan fingerprint density at radius 3 is 2.89 bits per heavy atom. The molecule has 3 nitrogen and oxygen atoms in total. The van der Waals surface area contributed by atoms with Crippen LogP contribution < -0.4 is 11.1 Å². The highest BCUT2D eigenvalue weighted by molar-refractivity contribution is 9.10. The monoisotopic (exact) mass is 338 g/mol. The van der Waals surface area contributed by atoms with Crippen molar-refractivity contribution < 1.29 is 4.79 Å². The third-order valence-electron chi connectivity index (χ3n) is 2.73. The van der Waals surface area contributed by atoms with Crippen LogP contribution in [0.4, 0.5) is 5.69 Å². The van der Waals surface area contributed by atoms with Crippen LogP contribution in [0.5, 0.6) is 0 Å².